The molecule has 0 unspecified atom stereocenters. The van der Waals surface area contributed by atoms with Crippen molar-refractivity contribution in [1.82, 2.24) is 29.9 Å². The van der Waals surface area contributed by atoms with Gasteiger partial charge in [-0.05, 0) is 48.0 Å². The fourth-order valence-corrected chi connectivity index (χ4v) is 7.43. The highest BCUT2D eigenvalue weighted by atomic mass is 15.4. The summed E-state index contributed by atoms with van der Waals surface area (Å²) in [4.78, 5) is 35.2. The van der Waals surface area contributed by atoms with Crippen molar-refractivity contribution < 1.29 is 0 Å². The fraction of sp³-hybridized carbons (Fsp3) is 0. The molecular formula is C54H38N8. The summed E-state index contributed by atoms with van der Waals surface area (Å²) in [6.07, 6.45) is 0. The summed E-state index contributed by atoms with van der Waals surface area (Å²) in [5.74, 6) is 2.75. The smallest absolute Gasteiger partial charge is 0.241 e. The predicted octanol–water partition coefficient (Wildman–Crippen LogP) is 13.3. The maximum atomic E-state index is 5.24. The lowest BCUT2D eigenvalue weighted by atomic mass is 10.0. The van der Waals surface area contributed by atoms with Crippen LogP contribution in [0.3, 0.4) is 0 Å². The van der Waals surface area contributed by atoms with Gasteiger partial charge in [-0.25, -0.2) is 14.9 Å². The van der Waals surface area contributed by atoms with Crippen LogP contribution in [-0.2, 0) is 0 Å². The average Bonchev–Trinajstić information content (AvgIpc) is 3.36. The SMILES string of the molecule is c1ccc(-c2nc(-c3ccccc3)nc(N(c3nc(-c4ccccc4)nc(-c4ccccc4)n3)c3ccccc3-c3cccc(N(c4ccccc4)c4ccccc4)c3)n2)cc1. The molecule has 10 rings (SSSR count). The molecule has 2 aromatic heterocycles. The number of hydrogen-bond donors (Lipinski definition) is 0. The summed E-state index contributed by atoms with van der Waals surface area (Å²) in [6, 6.07) is 77.5. The Labute approximate surface area is 360 Å². The molecule has 0 amide bonds. The van der Waals surface area contributed by atoms with E-state index in [0.29, 0.717) is 35.2 Å². The predicted molar refractivity (Wildman–Crippen MR) is 250 cm³/mol. The Morgan fingerprint density at radius 1 is 0.242 bits per heavy atom. The molecule has 0 bridgehead atoms. The number of anilines is 6. The van der Waals surface area contributed by atoms with Gasteiger partial charge >= 0.3 is 0 Å². The van der Waals surface area contributed by atoms with Crippen molar-refractivity contribution in [3.63, 3.8) is 0 Å². The van der Waals surface area contributed by atoms with Gasteiger partial charge in [0.1, 0.15) is 0 Å². The van der Waals surface area contributed by atoms with Crippen LogP contribution in [0, 0.1) is 0 Å². The zero-order valence-electron chi connectivity index (χ0n) is 33.5. The van der Waals surface area contributed by atoms with Crippen molar-refractivity contribution in [1.29, 1.82) is 0 Å². The van der Waals surface area contributed by atoms with Crippen LogP contribution in [0.5, 0.6) is 0 Å². The van der Waals surface area contributed by atoms with E-state index in [1.54, 1.807) is 0 Å². The summed E-state index contributed by atoms with van der Waals surface area (Å²) in [5.41, 5.74) is 9.14. The largest absolute Gasteiger partial charge is 0.310 e. The van der Waals surface area contributed by atoms with Crippen LogP contribution in [0.15, 0.2) is 231 Å². The first-order chi connectivity index (χ1) is 30.7. The minimum Gasteiger partial charge on any atom is -0.310 e. The van der Waals surface area contributed by atoms with Crippen molar-refractivity contribution in [2.24, 2.45) is 0 Å². The topological polar surface area (TPSA) is 83.8 Å². The monoisotopic (exact) mass is 798 g/mol. The van der Waals surface area contributed by atoms with Crippen LogP contribution >= 0.6 is 0 Å². The van der Waals surface area contributed by atoms with Gasteiger partial charge in [0.05, 0.1) is 5.69 Å². The highest BCUT2D eigenvalue weighted by Crippen LogP contribution is 2.42. The van der Waals surface area contributed by atoms with E-state index in [9.17, 15) is 0 Å². The Balaban J connectivity index is 1.23. The molecule has 0 saturated carbocycles. The van der Waals surface area contributed by atoms with Crippen LogP contribution in [0.25, 0.3) is 56.7 Å². The summed E-state index contributed by atoms with van der Waals surface area (Å²) in [5, 5.41) is 0. The molecule has 8 aromatic carbocycles. The summed E-state index contributed by atoms with van der Waals surface area (Å²) < 4.78 is 0. The first-order valence-corrected chi connectivity index (χ1v) is 20.4. The van der Waals surface area contributed by atoms with Crippen LogP contribution in [-0.4, -0.2) is 29.9 Å². The highest BCUT2D eigenvalue weighted by Gasteiger charge is 2.26. The Kier molecular flexibility index (Phi) is 10.5. The number of hydrogen-bond acceptors (Lipinski definition) is 8. The summed E-state index contributed by atoms with van der Waals surface area (Å²) >= 11 is 0. The number of nitrogens with zero attached hydrogens (tertiary/aromatic N) is 8. The van der Waals surface area contributed by atoms with Gasteiger partial charge < -0.3 is 4.90 Å². The van der Waals surface area contributed by atoms with Gasteiger partial charge in [-0.1, -0.05) is 188 Å². The molecule has 2 heterocycles. The Morgan fingerprint density at radius 3 is 0.968 bits per heavy atom. The quantitative estimate of drug-likeness (QED) is 0.128. The molecule has 0 radical (unpaired) electrons. The van der Waals surface area contributed by atoms with Gasteiger partial charge in [0.15, 0.2) is 23.3 Å². The molecule has 294 valence electrons. The lowest BCUT2D eigenvalue weighted by Gasteiger charge is -2.27. The number of rotatable bonds is 11. The lowest BCUT2D eigenvalue weighted by Crippen LogP contribution is -2.19. The van der Waals surface area contributed by atoms with Gasteiger partial charge in [0, 0.05) is 44.9 Å². The maximum Gasteiger partial charge on any atom is 0.241 e. The first-order valence-electron chi connectivity index (χ1n) is 20.4. The molecule has 0 aliphatic carbocycles. The third-order valence-corrected chi connectivity index (χ3v) is 10.4. The molecule has 0 saturated heterocycles. The maximum absolute atomic E-state index is 5.24. The zero-order valence-corrected chi connectivity index (χ0v) is 33.5. The average molecular weight is 799 g/mol. The van der Waals surface area contributed by atoms with Crippen molar-refractivity contribution in [3.05, 3.63) is 231 Å². The summed E-state index contributed by atoms with van der Waals surface area (Å²) in [7, 11) is 0. The van der Waals surface area contributed by atoms with E-state index >= 15 is 0 Å². The molecule has 0 atom stereocenters. The van der Waals surface area contributed by atoms with Crippen LogP contribution in [0.2, 0.25) is 0 Å². The molecule has 10 aromatic rings. The van der Waals surface area contributed by atoms with Gasteiger partial charge in [0.25, 0.3) is 0 Å². The molecule has 62 heavy (non-hydrogen) atoms. The Hall–Kier alpha value is -8.62. The van der Waals surface area contributed by atoms with E-state index < -0.39 is 0 Å². The molecule has 8 heteroatoms. The van der Waals surface area contributed by atoms with Gasteiger partial charge in [-0.2, -0.15) is 19.9 Å². The van der Waals surface area contributed by atoms with E-state index in [-0.39, 0.29) is 0 Å². The van der Waals surface area contributed by atoms with E-state index in [4.69, 9.17) is 29.9 Å². The first kappa shape index (κ1) is 37.6. The van der Waals surface area contributed by atoms with Crippen molar-refractivity contribution in [3.8, 4) is 56.7 Å². The second kappa shape index (κ2) is 17.3. The second-order valence-electron chi connectivity index (χ2n) is 14.4. The molecule has 0 N–H and O–H groups in total. The standard InChI is InChI=1S/C54H38N8/c1-7-22-39(23-8-1)49-55-50(40-24-9-2-10-25-40)58-53(57-49)62(54-59-51(41-26-11-3-12-27-41)56-52(60-54)42-28-13-4-14-29-42)48-37-20-19-36-47(48)43-30-21-35-46(38-43)61(44-31-15-5-16-32-44)45-33-17-6-18-34-45/h1-38H. The zero-order chi connectivity index (χ0) is 41.5. The van der Waals surface area contributed by atoms with E-state index in [2.05, 4.69) is 89.8 Å². The molecule has 0 aliphatic heterocycles. The minimum absolute atomic E-state index is 0.348. The summed E-state index contributed by atoms with van der Waals surface area (Å²) in [6.45, 7) is 0. The Bertz CT molecular complexity index is 2780. The Morgan fingerprint density at radius 2 is 0.565 bits per heavy atom. The molecule has 0 aliphatic rings. The van der Waals surface area contributed by atoms with E-state index in [1.165, 1.54) is 0 Å². The normalized spacial score (nSPS) is 10.9. The minimum atomic E-state index is 0.348. The van der Waals surface area contributed by atoms with Gasteiger partial charge in [-0.15, -0.1) is 0 Å². The van der Waals surface area contributed by atoms with Crippen molar-refractivity contribution in [2.75, 3.05) is 9.80 Å². The number of aromatic nitrogens is 6. The fourth-order valence-electron chi connectivity index (χ4n) is 7.43. The molecule has 0 spiro atoms. The van der Waals surface area contributed by atoms with Crippen LogP contribution in [0.4, 0.5) is 34.6 Å². The van der Waals surface area contributed by atoms with Crippen molar-refractivity contribution in [2.45, 2.75) is 0 Å². The van der Waals surface area contributed by atoms with Crippen LogP contribution in [0.1, 0.15) is 0 Å². The van der Waals surface area contributed by atoms with E-state index in [0.717, 1.165) is 56.1 Å². The third-order valence-electron chi connectivity index (χ3n) is 10.4. The van der Waals surface area contributed by atoms with Crippen LogP contribution < -0.4 is 9.80 Å². The highest BCUT2D eigenvalue weighted by molar-refractivity contribution is 5.88. The number of benzene rings is 8. The van der Waals surface area contributed by atoms with Crippen molar-refractivity contribution >= 4 is 34.6 Å². The van der Waals surface area contributed by atoms with E-state index in [1.807, 2.05) is 150 Å². The molecular weight excluding hydrogens is 761 g/mol. The third kappa shape index (κ3) is 7.91. The second-order valence-corrected chi connectivity index (χ2v) is 14.4. The number of para-hydroxylation sites is 3. The molecule has 0 fully saturated rings. The van der Waals surface area contributed by atoms with Gasteiger partial charge in [0.2, 0.25) is 11.9 Å². The van der Waals surface area contributed by atoms with Gasteiger partial charge in [-0.3, -0.25) is 0 Å². The molecule has 8 nitrogen and oxygen atoms in total. The lowest BCUT2D eigenvalue weighted by molar-refractivity contribution is 0.964.